The molecule has 2 saturated heterocycles. The highest BCUT2D eigenvalue weighted by atomic mass is 32.2. The third kappa shape index (κ3) is 2.41. The lowest BCUT2D eigenvalue weighted by Gasteiger charge is -2.21. The number of nitrogens with zero attached hydrogens (tertiary/aromatic N) is 1. The van der Waals surface area contributed by atoms with E-state index >= 15 is 0 Å². The van der Waals surface area contributed by atoms with Crippen LogP contribution in [-0.4, -0.2) is 38.5 Å². The van der Waals surface area contributed by atoms with Crippen LogP contribution >= 0.6 is 0 Å². The third-order valence-corrected chi connectivity index (χ3v) is 5.74. The molecule has 3 rings (SSSR count). The summed E-state index contributed by atoms with van der Waals surface area (Å²) in [6.07, 6.45) is 2.94. The minimum absolute atomic E-state index is 0.0460. The highest BCUT2D eigenvalue weighted by Gasteiger charge is 2.39. The monoisotopic (exact) mass is 299 g/mol. The minimum Gasteiger partial charge on any atom is -0.398 e. The molecule has 1 aromatic carbocycles. The lowest BCUT2D eigenvalue weighted by Crippen LogP contribution is -2.42. The van der Waals surface area contributed by atoms with E-state index in [0.29, 0.717) is 0 Å². The van der Waals surface area contributed by atoms with Crippen molar-refractivity contribution >= 4 is 15.7 Å². The molecule has 5 nitrogen and oxygen atoms in total. The molecule has 0 aliphatic carbocycles. The number of fused-ring (bicyclic) bond motifs is 1. The normalized spacial score (nSPS) is 26.9. The molecule has 20 heavy (non-hydrogen) atoms. The van der Waals surface area contributed by atoms with Gasteiger partial charge >= 0.3 is 0 Å². The molecule has 0 radical (unpaired) electrons. The second-order valence-corrected chi connectivity index (χ2v) is 7.13. The Labute approximate surface area is 118 Å². The average Bonchev–Trinajstić information content (AvgIpc) is 2.93. The van der Waals surface area contributed by atoms with Gasteiger partial charge in [-0.25, -0.2) is 17.5 Å². The fraction of sp³-hybridized carbons (Fsp3) is 0.538. The average molecular weight is 299 g/mol. The van der Waals surface area contributed by atoms with E-state index in [1.54, 1.807) is 0 Å². The number of hydrogen-bond donors (Lipinski definition) is 2. The molecule has 0 spiro atoms. The number of halogens is 1. The molecule has 0 aromatic heterocycles. The Morgan fingerprint density at radius 1 is 1.30 bits per heavy atom. The maximum Gasteiger partial charge on any atom is 0.242 e. The zero-order valence-corrected chi connectivity index (χ0v) is 11.9. The largest absolute Gasteiger partial charge is 0.398 e. The van der Waals surface area contributed by atoms with Crippen molar-refractivity contribution in [2.45, 2.75) is 36.2 Å². The van der Waals surface area contributed by atoms with Gasteiger partial charge in [-0.2, -0.15) is 0 Å². The van der Waals surface area contributed by atoms with E-state index in [9.17, 15) is 12.8 Å². The number of hydrogen-bond acceptors (Lipinski definition) is 4. The van der Waals surface area contributed by atoms with Gasteiger partial charge in [0.1, 0.15) is 10.7 Å². The standard InChI is InChI=1S/C13H18FN3O2S/c14-9-3-4-13(10(15)8-9)20(18,19)16-11-5-7-17-6-1-2-12(11)17/h3-4,8,11-12,16H,1-2,5-7,15H2. The Bertz CT molecular complexity index is 620. The summed E-state index contributed by atoms with van der Waals surface area (Å²) in [6.45, 7) is 1.97. The molecule has 2 heterocycles. The van der Waals surface area contributed by atoms with Gasteiger partial charge in [0.2, 0.25) is 10.0 Å². The summed E-state index contributed by atoms with van der Waals surface area (Å²) in [5, 5.41) is 0. The molecule has 2 atom stereocenters. The van der Waals surface area contributed by atoms with Crippen molar-refractivity contribution in [1.29, 1.82) is 0 Å². The molecule has 0 bridgehead atoms. The van der Waals surface area contributed by atoms with Gasteiger partial charge in [0.05, 0.1) is 5.69 Å². The summed E-state index contributed by atoms with van der Waals surface area (Å²) in [6, 6.07) is 3.57. The molecule has 0 saturated carbocycles. The summed E-state index contributed by atoms with van der Waals surface area (Å²) in [7, 11) is -3.70. The summed E-state index contributed by atoms with van der Waals surface area (Å²) >= 11 is 0. The van der Waals surface area contributed by atoms with Gasteiger partial charge in [0.15, 0.2) is 0 Å². The van der Waals surface area contributed by atoms with E-state index in [1.807, 2.05) is 0 Å². The maximum atomic E-state index is 13.0. The lowest BCUT2D eigenvalue weighted by molar-refractivity contribution is 0.309. The highest BCUT2D eigenvalue weighted by Crippen LogP contribution is 2.29. The van der Waals surface area contributed by atoms with Crippen LogP contribution in [0.5, 0.6) is 0 Å². The van der Waals surface area contributed by atoms with Crippen LogP contribution in [0.25, 0.3) is 0 Å². The van der Waals surface area contributed by atoms with Crippen LogP contribution in [0.2, 0.25) is 0 Å². The summed E-state index contributed by atoms with van der Waals surface area (Å²) < 4.78 is 40.5. The minimum atomic E-state index is -3.70. The first-order chi connectivity index (χ1) is 9.47. The van der Waals surface area contributed by atoms with Crippen LogP contribution in [-0.2, 0) is 10.0 Å². The molecule has 3 N–H and O–H groups in total. The predicted octanol–water partition coefficient (Wildman–Crippen LogP) is 0.923. The molecule has 110 valence electrons. The predicted molar refractivity (Wildman–Crippen MR) is 74.1 cm³/mol. The first-order valence-electron chi connectivity index (χ1n) is 6.79. The van der Waals surface area contributed by atoms with Gasteiger partial charge in [-0.05, 0) is 44.0 Å². The van der Waals surface area contributed by atoms with Crippen molar-refractivity contribution in [3.63, 3.8) is 0 Å². The number of benzene rings is 1. The van der Waals surface area contributed by atoms with Crippen LogP contribution in [0.3, 0.4) is 0 Å². The Morgan fingerprint density at radius 2 is 2.10 bits per heavy atom. The first kappa shape index (κ1) is 13.8. The van der Waals surface area contributed by atoms with Crippen molar-refractivity contribution in [3.05, 3.63) is 24.0 Å². The highest BCUT2D eigenvalue weighted by molar-refractivity contribution is 7.89. The van der Waals surface area contributed by atoms with Crippen molar-refractivity contribution in [2.75, 3.05) is 18.8 Å². The van der Waals surface area contributed by atoms with E-state index in [1.165, 1.54) is 6.07 Å². The number of anilines is 1. The molecular weight excluding hydrogens is 281 g/mol. The number of rotatable bonds is 3. The van der Waals surface area contributed by atoms with Gasteiger partial charge in [0.25, 0.3) is 0 Å². The summed E-state index contributed by atoms with van der Waals surface area (Å²) in [5.41, 5.74) is 5.56. The molecule has 0 amide bonds. The SMILES string of the molecule is Nc1cc(F)ccc1S(=O)(=O)NC1CCN2CCCC12. The number of nitrogen functional groups attached to an aromatic ring is 1. The quantitative estimate of drug-likeness (QED) is 0.814. The fourth-order valence-electron chi connectivity index (χ4n) is 3.25. The van der Waals surface area contributed by atoms with Crippen LogP contribution < -0.4 is 10.5 Å². The van der Waals surface area contributed by atoms with E-state index < -0.39 is 15.8 Å². The zero-order chi connectivity index (χ0) is 14.3. The second kappa shape index (κ2) is 4.98. The molecular formula is C13H18FN3O2S. The Balaban J connectivity index is 1.82. The van der Waals surface area contributed by atoms with Crippen molar-refractivity contribution < 1.29 is 12.8 Å². The van der Waals surface area contributed by atoms with E-state index in [0.717, 1.165) is 44.5 Å². The van der Waals surface area contributed by atoms with Gasteiger partial charge in [-0.15, -0.1) is 0 Å². The third-order valence-electron chi connectivity index (χ3n) is 4.17. The van der Waals surface area contributed by atoms with Gasteiger partial charge in [-0.1, -0.05) is 0 Å². The van der Waals surface area contributed by atoms with Crippen molar-refractivity contribution in [1.82, 2.24) is 9.62 Å². The zero-order valence-electron chi connectivity index (χ0n) is 11.0. The Morgan fingerprint density at radius 3 is 2.85 bits per heavy atom. The molecule has 7 heteroatoms. The summed E-state index contributed by atoms with van der Waals surface area (Å²) in [4.78, 5) is 2.27. The second-order valence-electron chi connectivity index (χ2n) is 5.44. The summed E-state index contributed by atoms with van der Waals surface area (Å²) in [5.74, 6) is -0.538. The van der Waals surface area contributed by atoms with E-state index in [2.05, 4.69) is 9.62 Å². The maximum absolute atomic E-state index is 13.0. The molecule has 2 aliphatic heterocycles. The Kier molecular flexibility index (Phi) is 3.43. The van der Waals surface area contributed by atoms with Crippen LogP contribution in [0.15, 0.2) is 23.1 Å². The van der Waals surface area contributed by atoms with Crippen LogP contribution in [0, 0.1) is 5.82 Å². The van der Waals surface area contributed by atoms with E-state index in [4.69, 9.17) is 5.73 Å². The smallest absolute Gasteiger partial charge is 0.242 e. The van der Waals surface area contributed by atoms with Crippen LogP contribution in [0.1, 0.15) is 19.3 Å². The van der Waals surface area contributed by atoms with E-state index in [-0.39, 0.29) is 22.7 Å². The van der Waals surface area contributed by atoms with Gasteiger partial charge in [-0.3, -0.25) is 4.90 Å². The van der Waals surface area contributed by atoms with Crippen molar-refractivity contribution in [3.8, 4) is 0 Å². The number of nitrogens with one attached hydrogen (secondary N) is 1. The fourth-order valence-corrected chi connectivity index (χ4v) is 4.66. The first-order valence-corrected chi connectivity index (χ1v) is 8.27. The lowest BCUT2D eigenvalue weighted by atomic mass is 10.1. The van der Waals surface area contributed by atoms with Crippen molar-refractivity contribution in [2.24, 2.45) is 0 Å². The molecule has 2 fully saturated rings. The molecule has 2 aliphatic rings. The van der Waals surface area contributed by atoms with Gasteiger partial charge in [0, 0.05) is 18.6 Å². The number of nitrogens with two attached hydrogens (primary N) is 1. The molecule has 1 aromatic rings. The van der Waals surface area contributed by atoms with Gasteiger partial charge < -0.3 is 5.73 Å². The number of sulfonamides is 1. The Hall–Kier alpha value is -1.18. The molecule has 2 unspecified atom stereocenters. The van der Waals surface area contributed by atoms with Crippen LogP contribution in [0.4, 0.5) is 10.1 Å². The topological polar surface area (TPSA) is 75.4 Å².